The van der Waals surface area contributed by atoms with Crippen LogP contribution in [0.1, 0.15) is 22.7 Å². The number of alkyl halides is 3. The number of hydrogen-bond acceptors (Lipinski definition) is 1. The molecule has 2 aromatic carbocycles. The van der Waals surface area contributed by atoms with Gasteiger partial charge in [0.1, 0.15) is 11.6 Å². The summed E-state index contributed by atoms with van der Waals surface area (Å²) in [5.41, 5.74) is 4.30. The highest BCUT2D eigenvalue weighted by atomic mass is 19.4. The first-order valence-corrected chi connectivity index (χ1v) is 6.15. The third-order valence-corrected chi connectivity index (χ3v) is 3.13. The average molecular weight is 301 g/mol. The molecule has 1 nitrogen and oxygen atoms in total. The Morgan fingerprint density at radius 2 is 1.62 bits per heavy atom. The molecule has 2 N–H and O–H groups in total. The maximum Gasteiger partial charge on any atom is 0.419 e. The van der Waals surface area contributed by atoms with Gasteiger partial charge in [-0.1, -0.05) is 30.3 Å². The lowest BCUT2D eigenvalue weighted by Crippen LogP contribution is -2.18. The molecule has 2 aromatic rings. The standard InChI is InChI=1S/C15H12F5N/c16-12-7-2-1-4-9(12)8-13(21)10-5-3-6-11(14(10)17)15(18,19)20/h1-7,13H,8,21H2. The molecule has 0 aliphatic rings. The first-order valence-electron chi connectivity index (χ1n) is 6.15. The third-order valence-electron chi connectivity index (χ3n) is 3.13. The molecule has 0 aliphatic carbocycles. The van der Waals surface area contributed by atoms with Crippen molar-refractivity contribution in [2.45, 2.75) is 18.6 Å². The van der Waals surface area contributed by atoms with E-state index in [0.717, 1.165) is 6.07 Å². The summed E-state index contributed by atoms with van der Waals surface area (Å²) in [6.45, 7) is 0. The summed E-state index contributed by atoms with van der Waals surface area (Å²) in [5.74, 6) is -1.94. The zero-order valence-electron chi connectivity index (χ0n) is 10.8. The number of rotatable bonds is 3. The summed E-state index contributed by atoms with van der Waals surface area (Å²) >= 11 is 0. The van der Waals surface area contributed by atoms with Crippen molar-refractivity contribution >= 4 is 0 Å². The van der Waals surface area contributed by atoms with E-state index in [-0.39, 0.29) is 17.5 Å². The van der Waals surface area contributed by atoms with Gasteiger partial charge in [0.05, 0.1) is 5.56 Å². The summed E-state index contributed by atoms with van der Waals surface area (Å²) in [6, 6.07) is 7.57. The molecule has 0 saturated heterocycles. The van der Waals surface area contributed by atoms with E-state index in [1.165, 1.54) is 24.3 Å². The Hall–Kier alpha value is -1.95. The molecule has 0 aliphatic heterocycles. The fourth-order valence-electron chi connectivity index (χ4n) is 2.07. The highest BCUT2D eigenvalue weighted by molar-refractivity contribution is 5.31. The molecule has 0 radical (unpaired) electrons. The van der Waals surface area contributed by atoms with Gasteiger partial charge in [0, 0.05) is 11.6 Å². The van der Waals surface area contributed by atoms with Crippen LogP contribution in [-0.4, -0.2) is 0 Å². The Bertz CT molecular complexity index is 636. The van der Waals surface area contributed by atoms with Gasteiger partial charge < -0.3 is 5.73 Å². The van der Waals surface area contributed by atoms with E-state index in [2.05, 4.69) is 0 Å². The van der Waals surface area contributed by atoms with Gasteiger partial charge >= 0.3 is 6.18 Å². The second kappa shape index (κ2) is 5.81. The van der Waals surface area contributed by atoms with Crippen LogP contribution < -0.4 is 5.73 Å². The maximum atomic E-state index is 13.9. The van der Waals surface area contributed by atoms with Gasteiger partial charge in [-0.25, -0.2) is 8.78 Å². The van der Waals surface area contributed by atoms with E-state index in [1.807, 2.05) is 0 Å². The van der Waals surface area contributed by atoms with Gasteiger partial charge in [0.2, 0.25) is 0 Å². The molecule has 1 atom stereocenters. The Labute approximate surface area is 118 Å². The molecule has 0 saturated carbocycles. The van der Waals surface area contributed by atoms with Gasteiger partial charge in [-0.15, -0.1) is 0 Å². The topological polar surface area (TPSA) is 26.0 Å². The molecule has 1 unspecified atom stereocenters. The summed E-state index contributed by atoms with van der Waals surface area (Å²) < 4.78 is 65.4. The molecule has 112 valence electrons. The number of hydrogen-bond donors (Lipinski definition) is 1. The van der Waals surface area contributed by atoms with Gasteiger partial charge in [-0.05, 0) is 24.1 Å². The van der Waals surface area contributed by atoms with Crippen molar-refractivity contribution in [1.29, 1.82) is 0 Å². The van der Waals surface area contributed by atoms with Crippen LogP contribution in [0.3, 0.4) is 0 Å². The van der Waals surface area contributed by atoms with Crippen LogP contribution in [-0.2, 0) is 12.6 Å². The van der Waals surface area contributed by atoms with Gasteiger partial charge in [-0.2, -0.15) is 13.2 Å². The summed E-state index contributed by atoms with van der Waals surface area (Å²) in [4.78, 5) is 0. The Balaban J connectivity index is 2.32. The minimum Gasteiger partial charge on any atom is -0.324 e. The molecule has 21 heavy (non-hydrogen) atoms. The van der Waals surface area contributed by atoms with Gasteiger partial charge in [0.25, 0.3) is 0 Å². The van der Waals surface area contributed by atoms with Gasteiger partial charge in [0.15, 0.2) is 0 Å². The zero-order chi connectivity index (χ0) is 15.6. The van der Waals surface area contributed by atoms with Crippen LogP contribution in [0.4, 0.5) is 22.0 Å². The molecule has 0 fully saturated rings. The lowest BCUT2D eigenvalue weighted by Gasteiger charge is -2.16. The molecule has 6 heteroatoms. The van der Waals surface area contributed by atoms with Crippen LogP contribution >= 0.6 is 0 Å². The van der Waals surface area contributed by atoms with Crippen molar-refractivity contribution in [3.05, 3.63) is 70.8 Å². The van der Waals surface area contributed by atoms with E-state index in [9.17, 15) is 22.0 Å². The summed E-state index contributed by atoms with van der Waals surface area (Å²) in [7, 11) is 0. The lowest BCUT2D eigenvalue weighted by molar-refractivity contribution is -0.140. The Morgan fingerprint density at radius 1 is 0.952 bits per heavy atom. The molecular formula is C15H12F5N. The van der Waals surface area contributed by atoms with Crippen molar-refractivity contribution in [2.24, 2.45) is 5.73 Å². The third kappa shape index (κ3) is 3.39. The average Bonchev–Trinajstić information content (AvgIpc) is 2.40. The highest BCUT2D eigenvalue weighted by Crippen LogP contribution is 2.34. The van der Waals surface area contributed by atoms with E-state index >= 15 is 0 Å². The van der Waals surface area contributed by atoms with Gasteiger partial charge in [-0.3, -0.25) is 0 Å². The number of benzene rings is 2. The van der Waals surface area contributed by atoms with Crippen LogP contribution in [0.25, 0.3) is 0 Å². The Kier molecular flexibility index (Phi) is 4.27. The molecule has 2 rings (SSSR count). The second-order valence-electron chi connectivity index (χ2n) is 4.61. The molecule has 0 heterocycles. The minimum atomic E-state index is -4.79. The summed E-state index contributed by atoms with van der Waals surface area (Å²) in [5, 5.41) is 0. The van der Waals surface area contributed by atoms with Crippen LogP contribution in [0.2, 0.25) is 0 Å². The molecular weight excluding hydrogens is 289 g/mol. The molecule has 0 spiro atoms. The van der Waals surface area contributed by atoms with E-state index in [0.29, 0.717) is 6.07 Å². The summed E-state index contributed by atoms with van der Waals surface area (Å²) in [6.07, 6.45) is -4.89. The minimum absolute atomic E-state index is 0.0924. The fourth-order valence-corrected chi connectivity index (χ4v) is 2.07. The second-order valence-corrected chi connectivity index (χ2v) is 4.61. The predicted octanol–water partition coefficient (Wildman–Crippen LogP) is 4.23. The van der Waals surface area contributed by atoms with Crippen molar-refractivity contribution in [1.82, 2.24) is 0 Å². The Morgan fingerprint density at radius 3 is 2.24 bits per heavy atom. The van der Waals surface area contributed by atoms with Crippen LogP contribution in [0.5, 0.6) is 0 Å². The van der Waals surface area contributed by atoms with Crippen molar-refractivity contribution in [2.75, 3.05) is 0 Å². The zero-order valence-corrected chi connectivity index (χ0v) is 10.8. The molecule has 0 aromatic heterocycles. The van der Waals surface area contributed by atoms with E-state index in [4.69, 9.17) is 5.73 Å². The van der Waals surface area contributed by atoms with Crippen molar-refractivity contribution < 1.29 is 22.0 Å². The SMILES string of the molecule is NC(Cc1ccccc1F)c1cccc(C(F)(F)F)c1F. The highest BCUT2D eigenvalue weighted by Gasteiger charge is 2.35. The largest absolute Gasteiger partial charge is 0.419 e. The first kappa shape index (κ1) is 15.4. The first-order chi connectivity index (χ1) is 9.80. The van der Waals surface area contributed by atoms with Crippen LogP contribution in [0, 0.1) is 11.6 Å². The van der Waals surface area contributed by atoms with E-state index in [1.54, 1.807) is 6.07 Å². The fraction of sp³-hybridized carbons (Fsp3) is 0.200. The number of nitrogens with two attached hydrogens (primary N) is 1. The maximum absolute atomic E-state index is 13.9. The lowest BCUT2D eigenvalue weighted by atomic mass is 9.97. The van der Waals surface area contributed by atoms with E-state index < -0.39 is 29.4 Å². The predicted molar refractivity (Wildman–Crippen MR) is 68.4 cm³/mol. The molecule has 0 amide bonds. The normalized spacial score (nSPS) is 13.2. The molecule has 0 bridgehead atoms. The van der Waals surface area contributed by atoms with Crippen molar-refractivity contribution in [3.63, 3.8) is 0 Å². The van der Waals surface area contributed by atoms with Crippen LogP contribution in [0.15, 0.2) is 42.5 Å². The monoisotopic (exact) mass is 301 g/mol. The smallest absolute Gasteiger partial charge is 0.324 e. The number of halogens is 5. The quantitative estimate of drug-likeness (QED) is 0.844. The van der Waals surface area contributed by atoms with Crippen molar-refractivity contribution in [3.8, 4) is 0 Å².